The standard InChI is InChI=1S/C19H22N2O5S.C18H18N2O5S/c1-19(2,18(24)14-6-4-3-5-7-14)11-13-8-9-15(16(22)10-13)21-12-17(23)20-27(21,25)26;21-16-8-11(5-6-15(16)20-10-17(22)19-26(20,24)25)7-13-9-12-3-1-2-4-14(12)18(13)23/h3-10,18,22,24H,11-12H2,1-2H3,(H,20,23);1-6,8,13,18,21,23H,7,9-10H2,(H,19,22). The van der Waals surface area contributed by atoms with Gasteiger partial charge in [0.2, 0.25) is 0 Å². The monoisotopic (exact) mass is 764 g/mol. The summed E-state index contributed by atoms with van der Waals surface area (Å²) in [5.74, 6) is -1.74. The predicted octanol–water partition coefficient (Wildman–Crippen LogP) is 2.90. The lowest BCUT2D eigenvalue weighted by Gasteiger charge is -2.31. The van der Waals surface area contributed by atoms with Crippen LogP contribution in [0, 0.1) is 11.3 Å². The van der Waals surface area contributed by atoms with Crippen LogP contribution in [0.5, 0.6) is 11.5 Å². The highest BCUT2D eigenvalue weighted by Crippen LogP contribution is 2.40. The van der Waals surface area contributed by atoms with Gasteiger partial charge in [-0.15, -0.1) is 0 Å². The summed E-state index contributed by atoms with van der Waals surface area (Å²) in [6.07, 6.45) is 0.489. The number of hydrogen-bond donors (Lipinski definition) is 6. The molecule has 0 aromatic heterocycles. The van der Waals surface area contributed by atoms with Gasteiger partial charge in [-0.2, -0.15) is 16.8 Å². The summed E-state index contributed by atoms with van der Waals surface area (Å²) in [7, 11) is -7.93. The molecule has 2 heterocycles. The highest BCUT2D eigenvalue weighted by molar-refractivity contribution is 7.92. The number of aliphatic hydroxyl groups is 2. The molecule has 2 saturated heterocycles. The molecular weight excluding hydrogens is 725 g/mol. The summed E-state index contributed by atoms with van der Waals surface area (Å²) < 4.78 is 53.1. The van der Waals surface area contributed by atoms with Crippen LogP contribution in [0.1, 0.15) is 53.9 Å². The minimum absolute atomic E-state index is 0.00332. The molecule has 4 aromatic rings. The molecule has 0 spiro atoms. The lowest BCUT2D eigenvalue weighted by Crippen LogP contribution is -2.29. The first-order chi connectivity index (χ1) is 24.9. The molecule has 0 radical (unpaired) electrons. The zero-order chi connectivity index (χ0) is 38.3. The number of anilines is 2. The number of phenols is 2. The number of nitrogens with one attached hydrogen (secondary N) is 2. The van der Waals surface area contributed by atoms with Crippen LogP contribution < -0.4 is 18.1 Å². The molecule has 0 saturated carbocycles. The van der Waals surface area contributed by atoms with Crippen molar-refractivity contribution >= 4 is 43.6 Å². The molecule has 1 aliphatic carbocycles. The van der Waals surface area contributed by atoms with E-state index in [1.807, 2.05) is 77.9 Å². The molecule has 3 unspecified atom stereocenters. The second-order valence-electron chi connectivity index (χ2n) is 14.0. The van der Waals surface area contributed by atoms with Crippen molar-refractivity contribution in [3.8, 4) is 11.5 Å². The molecule has 14 nitrogen and oxygen atoms in total. The topological polar surface area (TPSA) is 214 Å². The van der Waals surface area contributed by atoms with Crippen molar-refractivity contribution in [1.82, 2.24) is 9.44 Å². The number of aliphatic hydroxyl groups excluding tert-OH is 2. The van der Waals surface area contributed by atoms with Gasteiger partial charge in [0.05, 0.1) is 23.6 Å². The fourth-order valence-electron chi connectivity index (χ4n) is 6.97. The first-order valence-electron chi connectivity index (χ1n) is 16.7. The van der Waals surface area contributed by atoms with Gasteiger partial charge in [0.15, 0.2) is 0 Å². The van der Waals surface area contributed by atoms with E-state index in [9.17, 15) is 46.9 Å². The molecule has 2 fully saturated rings. The van der Waals surface area contributed by atoms with Gasteiger partial charge in [-0.1, -0.05) is 80.6 Å². The molecule has 0 bridgehead atoms. The smallest absolute Gasteiger partial charge is 0.326 e. The second kappa shape index (κ2) is 14.3. The van der Waals surface area contributed by atoms with E-state index in [0.717, 1.165) is 42.8 Å². The van der Waals surface area contributed by atoms with E-state index in [4.69, 9.17) is 0 Å². The Labute approximate surface area is 307 Å². The summed E-state index contributed by atoms with van der Waals surface area (Å²) >= 11 is 0. The van der Waals surface area contributed by atoms with Gasteiger partial charge in [0.1, 0.15) is 24.6 Å². The summed E-state index contributed by atoms with van der Waals surface area (Å²) in [5.41, 5.74) is 3.97. The fourth-order valence-corrected chi connectivity index (χ4v) is 9.30. The Morgan fingerprint density at radius 3 is 1.77 bits per heavy atom. The molecule has 280 valence electrons. The van der Waals surface area contributed by atoms with Crippen molar-refractivity contribution < 1.29 is 46.9 Å². The predicted molar refractivity (Wildman–Crippen MR) is 196 cm³/mol. The van der Waals surface area contributed by atoms with Crippen LogP contribution in [0.3, 0.4) is 0 Å². The van der Waals surface area contributed by atoms with Gasteiger partial charge in [0.25, 0.3) is 11.8 Å². The van der Waals surface area contributed by atoms with Crippen LogP contribution in [0.4, 0.5) is 11.4 Å². The Morgan fingerprint density at radius 1 is 0.755 bits per heavy atom. The van der Waals surface area contributed by atoms with Crippen LogP contribution in [-0.4, -0.2) is 62.2 Å². The lowest BCUT2D eigenvalue weighted by atomic mass is 9.77. The Balaban J connectivity index is 0.000000181. The maximum atomic E-state index is 11.9. The number of nitrogens with zero attached hydrogens (tertiary/aromatic N) is 2. The SMILES string of the molecule is CC(C)(Cc1ccc(N2CC(=O)NS2(=O)=O)c(O)c1)C(O)c1ccccc1.O=C1CN(c2ccc(CC3Cc4ccccc4C3O)cc2O)S(=O)(=O)N1. The number of rotatable bonds is 8. The minimum atomic E-state index is -3.98. The average Bonchev–Trinajstić information content (AvgIpc) is 3.67. The van der Waals surface area contributed by atoms with Crippen LogP contribution in [0.2, 0.25) is 0 Å². The van der Waals surface area contributed by atoms with Gasteiger partial charge in [-0.05, 0) is 82.7 Å². The normalized spacial score (nSPS) is 20.6. The Morgan fingerprint density at radius 2 is 1.26 bits per heavy atom. The summed E-state index contributed by atoms with van der Waals surface area (Å²) in [6, 6.07) is 26.4. The van der Waals surface area contributed by atoms with Gasteiger partial charge in [-0.3, -0.25) is 9.59 Å². The molecule has 4 aromatic carbocycles. The maximum Gasteiger partial charge on any atom is 0.326 e. The lowest BCUT2D eigenvalue weighted by molar-refractivity contribution is -0.118. The van der Waals surface area contributed by atoms with Crippen LogP contribution >= 0.6 is 0 Å². The number of carbonyl (C=O) groups excluding carboxylic acids is 2. The zero-order valence-electron chi connectivity index (χ0n) is 28.9. The molecular formula is C37H40N4O10S2. The average molecular weight is 765 g/mol. The molecule has 16 heteroatoms. The van der Waals surface area contributed by atoms with Crippen molar-refractivity contribution in [3.05, 3.63) is 119 Å². The van der Waals surface area contributed by atoms with Gasteiger partial charge >= 0.3 is 20.4 Å². The van der Waals surface area contributed by atoms with E-state index < -0.39 is 49.9 Å². The number of phenolic OH excluding ortho intramolecular Hbond substituents is 2. The summed E-state index contributed by atoms with van der Waals surface area (Å²) in [4.78, 5) is 22.7. The van der Waals surface area contributed by atoms with Crippen molar-refractivity contribution in [2.24, 2.45) is 11.3 Å². The molecule has 3 aliphatic rings. The highest BCUT2D eigenvalue weighted by Gasteiger charge is 2.37. The highest BCUT2D eigenvalue weighted by atomic mass is 32.2. The van der Waals surface area contributed by atoms with E-state index in [1.54, 1.807) is 12.1 Å². The van der Waals surface area contributed by atoms with Crippen molar-refractivity contribution in [1.29, 1.82) is 0 Å². The van der Waals surface area contributed by atoms with E-state index in [1.165, 1.54) is 24.3 Å². The van der Waals surface area contributed by atoms with Gasteiger partial charge in [-0.25, -0.2) is 18.1 Å². The maximum absolute atomic E-state index is 11.9. The van der Waals surface area contributed by atoms with E-state index in [0.29, 0.717) is 12.8 Å². The second-order valence-corrected chi connectivity index (χ2v) is 17.2. The Bertz CT molecular complexity index is 2270. The van der Waals surface area contributed by atoms with Gasteiger partial charge < -0.3 is 20.4 Å². The van der Waals surface area contributed by atoms with E-state index in [2.05, 4.69) is 0 Å². The van der Waals surface area contributed by atoms with Gasteiger partial charge in [0, 0.05) is 0 Å². The molecule has 53 heavy (non-hydrogen) atoms. The number of fused-ring (bicyclic) bond motifs is 1. The summed E-state index contributed by atoms with van der Waals surface area (Å²) in [5, 5.41) is 41.8. The Hall–Kier alpha value is -5.16. The van der Waals surface area contributed by atoms with Crippen LogP contribution in [0.15, 0.2) is 91.0 Å². The van der Waals surface area contributed by atoms with Crippen molar-refractivity contribution in [2.45, 2.75) is 45.3 Å². The van der Waals surface area contributed by atoms with Crippen molar-refractivity contribution in [3.63, 3.8) is 0 Å². The molecule has 2 aliphatic heterocycles. The molecule has 6 N–H and O–H groups in total. The summed E-state index contributed by atoms with van der Waals surface area (Å²) in [6.45, 7) is 3.12. The Kier molecular flexibility index (Phi) is 10.2. The molecule has 3 atom stereocenters. The fraction of sp³-hybridized carbons (Fsp3) is 0.297. The third-order valence-electron chi connectivity index (χ3n) is 9.57. The first kappa shape index (κ1) is 37.6. The largest absolute Gasteiger partial charge is 0.506 e. The molecule has 7 rings (SSSR count). The third kappa shape index (κ3) is 7.95. The zero-order valence-corrected chi connectivity index (χ0v) is 30.5. The number of amides is 2. The number of benzene rings is 4. The van der Waals surface area contributed by atoms with Crippen LogP contribution in [0.25, 0.3) is 0 Å². The minimum Gasteiger partial charge on any atom is -0.506 e. The van der Waals surface area contributed by atoms with Crippen LogP contribution in [-0.2, 0) is 49.3 Å². The number of hydrogen-bond acceptors (Lipinski definition) is 10. The number of carbonyl (C=O) groups is 2. The number of aromatic hydroxyl groups is 2. The van der Waals surface area contributed by atoms with Crippen molar-refractivity contribution in [2.75, 3.05) is 21.7 Å². The van der Waals surface area contributed by atoms with E-state index in [-0.39, 0.29) is 41.9 Å². The molecule has 2 amide bonds. The van der Waals surface area contributed by atoms with E-state index >= 15 is 0 Å². The quantitative estimate of drug-likeness (QED) is 0.154. The third-order valence-corrected chi connectivity index (χ3v) is 12.4. The first-order valence-corrected chi connectivity index (χ1v) is 19.6.